The first kappa shape index (κ1) is 17.9. The van der Waals surface area contributed by atoms with E-state index < -0.39 is 12.1 Å². The Hall–Kier alpha value is -2.86. The normalized spacial score (nSPS) is 12.0. The van der Waals surface area contributed by atoms with Crippen LogP contribution in [0.15, 0.2) is 47.3 Å². The van der Waals surface area contributed by atoms with Gasteiger partial charge in [0.25, 0.3) is 5.56 Å². The van der Waals surface area contributed by atoms with E-state index in [9.17, 15) is 9.59 Å². The Morgan fingerprint density at radius 1 is 1.27 bits per heavy atom. The lowest BCUT2D eigenvalue weighted by atomic mass is 10.2. The van der Waals surface area contributed by atoms with Crippen molar-refractivity contribution >= 4 is 28.5 Å². The average Bonchev–Trinajstić information content (AvgIpc) is 2.62. The molecule has 1 atom stereocenters. The van der Waals surface area contributed by atoms with Gasteiger partial charge < -0.3 is 14.5 Å². The van der Waals surface area contributed by atoms with E-state index >= 15 is 0 Å². The summed E-state index contributed by atoms with van der Waals surface area (Å²) >= 11 is 5.95. The van der Waals surface area contributed by atoms with E-state index in [1.165, 1.54) is 0 Å². The van der Waals surface area contributed by atoms with Gasteiger partial charge in [0.1, 0.15) is 5.75 Å². The molecule has 3 aromatic rings. The number of nitrogens with one attached hydrogen (secondary N) is 1. The molecule has 2 aromatic carbocycles. The van der Waals surface area contributed by atoms with Gasteiger partial charge in [-0.1, -0.05) is 23.7 Å². The van der Waals surface area contributed by atoms with Crippen LogP contribution >= 0.6 is 11.6 Å². The number of ether oxygens (including phenoxy) is 2. The average molecular weight is 373 g/mol. The lowest BCUT2D eigenvalue weighted by molar-refractivity contribution is -0.151. The Morgan fingerprint density at radius 3 is 2.81 bits per heavy atom. The van der Waals surface area contributed by atoms with Gasteiger partial charge in [0.15, 0.2) is 18.5 Å². The summed E-state index contributed by atoms with van der Waals surface area (Å²) in [6, 6.07) is 12.1. The van der Waals surface area contributed by atoms with Crippen LogP contribution in [0, 0.1) is 6.92 Å². The summed E-state index contributed by atoms with van der Waals surface area (Å²) in [6.45, 7) is 3.22. The van der Waals surface area contributed by atoms with Crippen molar-refractivity contribution in [3.8, 4) is 5.75 Å². The maximum atomic E-state index is 12.1. The van der Waals surface area contributed by atoms with Crippen LogP contribution in [0.2, 0.25) is 5.02 Å². The maximum Gasteiger partial charge on any atom is 0.344 e. The Bertz CT molecular complexity index is 1020. The van der Waals surface area contributed by atoms with Gasteiger partial charge in [-0.2, -0.15) is 0 Å². The van der Waals surface area contributed by atoms with Gasteiger partial charge in [-0.3, -0.25) is 4.79 Å². The maximum absolute atomic E-state index is 12.1. The number of halogens is 1. The second-order valence-corrected chi connectivity index (χ2v) is 6.21. The Morgan fingerprint density at radius 2 is 2.04 bits per heavy atom. The topological polar surface area (TPSA) is 81.3 Å². The van der Waals surface area contributed by atoms with Gasteiger partial charge in [-0.05, 0) is 49.7 Å². The summed E-state index contributed by atoms with van der Waals surface area (Å²) < 4.78 is 10.7. The van der Waals surface area contributed by atoms with Crippen LogP contribution in [0.25, 0.3) is 10.9 Å². The van der Waals surface area contributed by atoms with Crippen LogP contribution in [0.1, 0.15) is 24.4 Å². The SMILES string of the molecule is Cc1cc(OCC(=O)O[C@@H](C)c2nc3ccccc3c(=O)[nH]2)ccc1Cl. The fourth-order valence-electron chi connectivity index (χ4n) is 2.43. The van der Waals surface area contributed by atoms with Crippen molar-refractivity contribution in [3.63, 3.8) is 0 Å². The highest BCUT2D eigenvalue weighted by atomic mass is 35.5. The smallest absolute Gasteiger partial charge is 0.344 e. The van der Waals surface area contributed by atoms with Crippen LogP contribution < -0.4 is 10.3 Å². The molecule has 1 aromatic heterocycles. The number of benzene rings is 2. The quantitative estimate of drug-likeness (QED) is 0.692. The fourth-order valence-corrected chi connectivity index (χ4v) is 2.55. The van der Waals surface area contributed by atoms with E-state index in [2.05, 4.69) is 9.97 Å². The Labute approximate surface area is 154 Å². The van der Waals surface area contributed by atoms with Crippen molar-refractivity contribution in [1.82, 2.24) is 9.97 Å². The van der Waals surface area contributed by atoms with E-state index in [0.717, 1.165) is 5.56 Å². The number of aromatic nitrogens is 2. The van der Waals surface area contributed by atoms with Gasteiger partial charge in [0.05, 0.1) is 10.9 Å². The minimum absolute atomic E-state index is 0.261. The number of esters is 1. The number of carbonyl (C=O) groups is 1. The van der Waals surface area contributed by atoms with Gasteiger partial charge in [0, 0.05) is 5.02 Å². The molecule has 7 heteroatoms. The molecule has 1 N–H and O–H groups in total. The molecule has 0 aliphatic carbocycles. The van der Waals surface area contributed by atoms with Crippen molar-refractivity contribution < 1.29 is 14.3 Å². The third-order valence-electron chi connectivity index (χ3n) is 3.81. The number of rotatable bonds is 5. The zero-order chi connectivity index (χ0) is 18.7. The van der Waals surface area contributed by atoms with Crippen LogP contribution in [0.4, 0.5) is 0 Å². The molecule has 3 rings (SSSR count). The predicted octanol–water partition coefficient (Wildman–Crippen LogP) is 3.57. The van der Waals surface area contributed by atoms with E-state index in [0.29, 0.717) is 21.7 Å². The third-order valence-corrected chi connectivity index (χ3v) is 4.23. The minimum atomic E-state index is -0.713. The third kappa shape index (κ3) is 4.03. The number of aryl methyl sites for hydroxylation is 1. The molecule has 0 saturated heterocycles. The molecule has 0 fully saturated rings. The fraction of sp³-hybridized carbons (Fsp3) is 0.211. The monoisotopic (exact) mass is 372 g/mol. The first-order chi connectivity index (χ1) is 12.4. The summed E-state index contributed by atoms with van der Waals surface area (Å²) in [4.78, 5) is 31.1. The standard InChI is InChI=1S/C19H17ClN2O4/c1-11-9-13(7-8-15(11)20)25-10-17(23)26-12(2)18-21-16-6-4-3-5-14(16)19(24)22-18/h3-9,12H,10H2,1-2H3,(H,21,22,24)/t12-/m0/s1. The van der Waals surface area contributed by atoms with Crippen molar-refractivity contribution in [2.24, 2.45) is 0 Å². The molecule has 1 heterocycles. The number of hydrogen-bond donors (Lipinski definition) is 1. The summed E-state index contributed by atoms with van der Waals surface area (Å²) in [7, 11) is 0. The molecule has 0 saturated carbocycles. The summed E-state index contributed by atoms with van der Waals surface area (Å²) in [5.74, 6) is 0.235. The molecule has 0 spiro atoms. The van der Waals surface area contributed by atoms with E-state index in [1.807, 2.05) is 6.92 Å². The van der Waals surface area contributed by atoms with E-state index in [4.69, 9.17) is 21.1 Å². The zero-order valence-corrected chi connectivity index (χ0v) is 15.0. The minimum Gasteiger partial charge on any atom is -0.482 e. The lowest BCUT2D eigenvalue weighted by Gasteiger charge is -2.13. The number of H-pyrrole nitrogens is 1. The summed E-state index contributed by atoms with van der Waals surface area (Å²) in [5.41, 5.74) is 1.12. The van der Waals surface area contributed by atoms with Gasteiger partial charge in [-0.15, -0.1) is 0 Å². The van der Waals surface area contributed by atoms with Gasteiger partial charge in [-0.25, -0.2) is 9.78 Å². The van der Waals surface area contributed by atoms with Crippen molar-refractivity contribution in [2.75, 3.05) is 6.61 Å². The van der Waals surface area contributed by atoms with Crippen LogP contribution in [-0.2, 0) is 9.53 Å². The van der Waals surface area contributed by atoms with Gasteiger partial charge >= 0.3 is 5.97 Å². The van der Waals surface area contributed by atoms with Crippen LogP contribution in [0.5, 0.6) is 5.75 Å². The number of nitrogens with zero attached hydrogens (tertiary/aromatic N) is 1. The Kier molecular flexibility index (Phi) is 5.23. The van der Waals surface area contributed by atoms with E-state index in [-0.39, 0.29) is 18.0 Å². The highest BCUT2D eigenvalue weighted by molar-refractivity contribution is 6.31. The molecule has 26 heavy (non-hydrogen) atoms. The van der Waals surface area contributed by atoms with Crippen LogP contribution in [0.3, 0.4) is 0 Å². The number of para-hydroxylation sites is 1. The molecular formula is C19H17ClN2O4. The summed E-state index contributed by atoms with van der Waals surface area (Å²) in [6.07, 6.45) is -0.713. The number of hydrogen-bond acceptors (Lipinski definition) is 5. The molecule has 0 amide bonds. The first-order valence-corrected chi connectivity index (χ1v) is 8.39. The molecule has 0 bridgehead atoms. The van der Waals surface area contributed by atoms with Crippen molar-refractivity contribution in [3.05, 3.63) is 69.2 Å². The molecular weight excluding hydrogens is 356 g/mol. The Balaban J connectivity index is 1.65. The molecule has 0 radical (unpaired) electrons. The van der Waals surface area contributed by atoms with Crippen molar-refractivity contribution in [2.45, 2.75) is 20.0 Å². The molecule has 6 nitrogen and oxygen atoms in total. The van der Waals surface area contributed by atoms with Crippen LogP contribution in [-0.4, -0.2) is 22.5 Å². The first-order valence-electron chi connectivity index (χ1n) is 8.01. The molecule has 0 unspecified atom stereocenters. The zero-order valence-electron chi connectivity index (χ0n) is 14.3. The molecule has 134 valence electrons. The second-order valence-electron chi connectivity index (χ2n) is 5.80. The lowest BCUT2D eigenvalue weighted by Crippen LogP contribution is -2.20. The predicted molar refractivity (Wildman–Crippen MR) is 98.6 cm³/mol. The van der Waals surface area contributed by atoms with Gasteiger partial charge in [0.2, 0.25) is 0 Å². The second kappa shape index (κ2) is 7.58. The number of fused-ring (bicyclic) bond motifs is 1. The van der Waals surface area contributed by atoms with E-state index in [1.54, 1.807) is 49.4 Å². The largest absolute Gasteiger partial charge is 0.482 e. The molecule has 0 aliphatic heterocycles. The highest BCUT2D eigenvalue weighted by Crippen LogP contribution is 2.21. The highest BCUT2D eigenvalue weighted by Gasteiger charge is 2.16. The summed E-state index contributed by atoms with van der Waals surface area (Å²) in [5, 5.41) is 1.11. The van der Waals surface area contributed by atoms with Crippen molar-refractivity contribution in [1.29, 1.82) is 0 Å². The number of aromatic amines is 1. The number of carbonyl (C=O) groups excluding carboxylic acids is 1. The molecule has 0 aliphatic rings.